The molecule has 0 radical (unpaired) electrons. The van der Waals surface area contributed by atoms with Crippen molar-refractivity contribution in [3.05, 3.63) is 64.4 Å². The van der Waals surface area contributed by atoms with Gasteiger partial charge in [-0.15, -0.1) is 11.8 Å². The molecule has 0 saturated carbocycles. The molecule has 0 aliphatic carbocycles. The molecule has 1 nitrogen and oxygen atoms in total. The number of aliphatic hydroxyl groups is 1. The molecule has 1 unspecified atom stereocenters. The number of hydrogen-bond donors (Lipinski definition) is 1. The Hall–Kier alpha value is -1.03. The van der Waals surface area contributed by atoms with Gasteiger partial charge in [0.1, 0.15) is 5.82 Å². The van der Waals surface area contributed by atoms with E-state index < -0.39 is 6.10 Å². The molecule has 0 aromatic heterocycles. The van der Waals surface area contributed by atoms with Gasteiger partial charge in [-0.1, -0.05) is 29.8 Å². The van der Waals surface area contributed by atoms with Crippen molar-refractivity contribution in [1.29, 1.82) is 0 Å². The highest BCUT2D eigenvalue weighted by atomic mass is 35.5. The standard InChI is InChI=1S/C15H14ClFOS/c1-10-7-11(5-6-14(10)17)15(18)9-19-13-4-2-3-12(16)8-13/h2-8,15,18H,9H2,1H3. The summed E-state index contributed by atoms with van der Waals surface area (Å²) in [6, 6.07) is 12.2. The fraction of sp³-hybridized carbons (Fsp3) is 0.200. The van der Waals surface area contributed by atoms with Crippen molar-refractivity contribution >= 4 is 23.4 Å². The van der Waals surface area contributed by atoms with Crippen molar-refractivity contribution in [2.45, 2.75) is 17.9 Å². The van der Waals surface area contributed by atoms with Crippen LogP contribution in [-0.4, -0.2) is 10.9 Å². The summed E-state index contributed by atoms with van der Waals surface area (Å²) in [6.07, 6.45) is -0.622. The van der Waals surface area contributed by atoms with Gasteiger partial charge in [-0.2, -0.15) is 0 Å². The van der Waals surface area contributed by atoms with Gasteiger partial charge in [0.25, 0.3) is 0 Å². The maximum Gasteiger partial charge on any atom is 0.126 e. The van der Waals surface area contributed by atoms with Crippen LogP contribution in [0.3, 0.4) is 0 Å². The van der Waals surface area contributed by atoms with Crippen LogP contribution in [0.2, 0.25) is 5.02 Å². The molecule has 0 bridgehead atoms. The molecule has 0 aliphatic rings. The van der Waals surface area contributed by atoms with Gasteiger partial charge in [0.05, 0.1) is 6.10 Å². The lowest BCUT2D eigenvalue weighted by Gasteiger charge is -2.12. The second-order valence-corrected chi connectivity index (χ2v) is 5.82. The van der Waals surface area contributed by atoms with E-state index in [0.29, 0.717) is 16.3 Å². The zero-order valence-electron chi connectivity index (χ0n) is 10.4. The molecule has 19 heavy (non-hydrogen) atoms. The highest BCUT2D eigenvalue weighted by Gasteiger charge is 2.10. The van der Waals surface area contributed by atoms with Crippen LogP contribution in [-0.2, 0) is 0 Å². The van der Waals surface area contributed by atoms with Crippen LogP contribution in [0.15, 0.2) is 47.4 Å². The maximum atomic E-state index is 13.2. The topological polar surface area (TPSA) is 20.2 Å². The summed E-state index contributed by atoms with van der Waals surface area (Å²) < 4.78 is 13.2. The van der Waals surface area contributed by atoms with Crippen LogP contribution in [0.25, 0.3) is 0 Å². The van der Waals surface area contributed by atoms with Gasteiger partial charge in [0.2, 0.25) is 0 Å². The molecule has 1 atom stereocenters. The molecule has 0 amide bonds. The van der Waals surface area contributed by atoms with E-state index in [1.807, 2.05) is 24.3 Å². The molecule has 0 heterocycles. The smallest absolute Gasteiger partial charge is 0.126 e. The average Bonchev–Trinajstić information content (AvgIpc) is 2.39. The Bertz CT molecular complexity index is 574. The summed E-state index contributed by atoms with van der Waals surface area (Å²) in [7, 11) is 0. The summed E-state index contributed by atoms with van der Waals surface area (Å²) in [5, 5.41) is 10.8. The molecular weight excluding hydrogens is 283 g/mol. The molecule has 0 saturated heterocycles. The minimum atomic E-state index is -0.622. The third-order valence-electron chi connectivity index (χ3n) is 2.77. The highest BCUT2D eigenvalue weighted by Crippen LogP contribution is 2.27. The second kappa shape index (κ2) is 6.42. The van der Waals surface area contributed by atoms with Crippen LogP contribution in [0.5, 0.6) is 0 Å². The van der Waals surface area contributed by atoms with Crippen LogP contribution >= 0.6 is 23.4 Å². The minimum Gasteiger partial charge on any atom is -0.388 e. The van der Waals surface area contributed by atoms with Crippen molar-refractivity contribution in [3.8, 4) is 0 Å². The molecule has 1 N–H and O–H groups in total. The van der Waals surface area contributed by atoms with Crippen LogP contribution < -0.4 is 0 Å². The first-order valence-corrected chi connectivity index (χ1v) is 7.25. The van der Waals surface area contributed by atoms with Crippen LogP contribution in [0, 0.1) is 12.7 Å². The van der Waals surface area contributed by atoms with Crippen molar-refractivity contribution in [2.75, 3.05) is 5.75 Å². The van der Waals surface area contributed by atoms with Gasteiger partial charge in [-0.25, -0.2) is 4.39 Å². The maximum absolute atomic E-state index is 13.2. The van der Waals surface area contributed by atoms with Crippen molar-refractivity contribution in [2.24, 2.45) is 0 Å². The van der Waals surface area contributed by atoms with E-state index >= 15 is 0 Å². The Kier molecular flexibility index (Phi) is 4.86. The van der Waals surface area contributed by atoms with Crippen LogP contribution in [0.4, 0.5) is 4.39 Å². The third-order valence-corrected chi connectivity index (χ3v) is 4.08. The SMILES string of the molecule is Cc1cc(C(O)CSc2cccc(Cl)c2)ccc1F. The summed E-state index contributed by atoms with van der Waals surface area (Å²) in [5.41, 5.74) is 1.28. The number of thioether (sulfide) groups is 1. The number of halogens is 2. The summed E-state index contributed by atoms with van der Waals surface area (Å²) in [4.78, 5) is 1.00. The number of benzene rings is 2. The first-order chi connectivity index (χ1) is 9.06. The molecule has 4 heteroatoms. The summed E-state index contributed by atoms with van der Waals surface area (Å²) in [6.45, 7) is 1.69. The van der Waals surface area contributed by atoms with E-state index in [4.69, 9.17) is 11.6 Å². The van der Waals surface area contributed by atoms with Gasteiger partial charge in [-0.3, -0.25) is 0 Å². The van der Waals surface area contributed by atoms with E-state index in [2.05, 4.69) is 0 Å². The highest BCUT2D eigenvalue weighted by molar-refractivity contribution is 7.99. The molecule has 0 spiro atoms. The summed E-state index contributed by atoms with van der Waals surface area (Å²) >= 11 is 7.42. The lowest BCUT2D eigenvalue weighted by molar-refractivity contribution is 0.204. The Morgan fingerprint density at radius 1 is 1.26 bits per heavy atom. The van der Waals surface area contributed by atoms with Gasteiger partial charge in [0.15, 0.2) is 0 Å². The van der Waals surface area contributed by atoms with Crippen molar-refractivity contribution in [1.82, 2.24) is 0 Å². The molecule has 2 aromatic rings. The number of rotatable bonds is 4. The quantitative estimate of drug-likeness (QED) is 0.831. The fourth-order valence-electron chi connectivity index (χ4n) is 1.70. The second-order valence-electron chi connectivity index (χ2n) is 4.29. The largest absolute Gasteiger partial charge is 0.388 e. The van der Waals surface area contributed by atoms with Gasteiger partial charge in [0, 0.05) is 15.7 Å². The number of hydrogen-bond acceptors (Lipinski definition) is 2. The first kappa shape index (κ1) is 14.4. The van der Waals surface area contributed by atoms with E-state index in [9.17, 15) is 9.50 Å². The number of aliphatic hydroxyl groups excluding tert-OH is 1. The molecule has 0 aliphatic heterocycles. The summed E-state index contributed by atoms with van der Waals surface area (Å²) in [5.74, 6) is 0.254. The Balaban J connectivity index is 2.01. The van der Waals surface area contributed by atoms with E-state index in [-0.39, 0.29) is 5.82 Å². The lowest BCUT2D eigenvalue weighted by Crippen LogP contribution is -2.01. The Morgan fingerprint density at radius 3 is 2.74 bits per heavy atom. The first-order valence-electron chi connectivity index (χ1n) is 5.89. The Morgan fingerprint density at radius 2 is 2.05 bits per heavy atom. The number of aryl methyl sites for hydroxylation is 1. The average molecular weight is 297 g/mol. The predicted octanol–water partition coefficient (Wildman–Crippen LogP) is 4.61. The van der Waals surface area contributed by atoms with Gasteiger partial charge >= 0.3 is 0 Å². The normalized spacial score (nSPS) is 12.4. The monoisotopic (exact) mass is 296 g/mol. The molecular formula is C15H14ClFOS. The van der Waals surface area contributed by atoms with Crippen molar-refractivity contribution < 1.29 is 9.50 Å². The van der Waals surface area contributed by atoms with E-state index in [1.165, 1.54) is 17.8 Å². The van der Waals surface area contributed by atoms with Crippen LogP contribution in [0.1, 0.15) is 17.2 Å². The van der Waals surface area contributed by atoms with E-state index in [0.717, 1.165) is 10.5 Å². The molecule has 0 fully saturated rings. The molecule has 2 rings (SSSR count). The molecule has 100 valence electrons. The zero-order valence-corrected chi connectivity index (χ0v) is 12.0. The zero-order chi connectivity index (χ0) is 13.8. The third kappa shape index (κ3) is 3.96. The molecule has 2 aromatic carbocycles. The Labute approximate surface area is 121 Å². The van der Waals surface area contributed by atoms with Crippen molar-refractivity contribution in [3.63, 3.8) is 0 Å². The van der Waals surface area contributed by atoms with E-state index in [1.54, 1.807) is 19.1 Å². The van der Waals surface area contributed by atoms with Gasteiger partial charge < -0.3 is 5.11 Å². The lowest BCUT2D eigenvalue weighted by atomic mass is 10.1. The predicted molar refractivity (Wildman–Crippen MR) is 78.3 cm³/mol. The minimum absolute atomic E-state index is 0.251. The fourth-order valence-corrected chi connectivity index (χ4v) is 2.89. The van der Waals surface area contributed by atoms with Gasteiger partial charge in [-0.05, 0) is 42.3 Å².